The molecule has 98 valence electrons. The second-order valence-corrected chi connectivity index (χ2v) is 6.01. The summed E-state index contributed by atoms with van der Waals surface area (Å²) in [6.07, 6.45) is 8.18. The molecule has 2 aromatic carbocycles. The van der Waals surface area contributed by atoms with Crippen LogP contribution in [0.1, 0.15) is 23.1 Å². The Hall–Kier alpha value is -2.08. The van der Waals surface area contributed by atoms with Crippen LogP contribution < -0.4 is 0 Å². The molecule has 0 nitrogen and oxygen atoms in total. The van der Waals surface area contributed by atoms with Crippen LogP contribution in [0.4, 0.5) is 0 Å². The summed E-state index contributed by atoms with van der Waals surface area (Å²) < 4.78 is 0. The maximum absolute atomic E-state index is 2.40. The fourth-order valence-electron chi connectivity index (χ4n) is 3.58. The number of hydrogen-bond acceptors (Lipinski definition) is 0. The summed E-state index contributed by atoms with van der Waals surface area (Å²) in [6.45, 7) is 2.17. The molecule has 0 saturated heterocycles. The van der Waals surface area contributed by atoms with Crippen molar-refractivity contribution in [2.24, 2.45) is 5.92 Å². The first-order chi connectivity index (χ1) is 9.79. The zero-order chi connectivity index (χ0) is 13.6. The third-order valence-corrected chi connectivity index (χ3v) is 4.71. The summed E-state index contributed by atoms with van der Waals surface area (Å²) in [6, 6.07) is 19.8. The fourth-order valence-corrected chi connectivity index (χ4v) is 3.58. The van der Waals surface area contributed by atoms with Crippen molar-refractivity contribution in [3.8, 4) is 0 Å². The molecule has 1 saturated carbocycles. The van der Waals surface area contributed by atoms with Gasteiger partial charge in [-0.05, 0) is 36.0 Å². The van der Waals surface area contributed by atoms with Crippen LogP contribution in [0.3, 0.4) is 0 Å². The van der Waals surface area contributed by atoms with E-state index >= 15 is 0 Å². The van der Waals surface area contributed by atoms with Crippen LogP contribution in [0.15, 0.2) is 72.8 Å². The zero-order valence-corrected chi connectivity index (χ0v) is 11.7. The van der Waals surface area contributed by atoms with Gasteiger partial charge in [0.2, 0.25) is 0 Å². The third-order valence-electron chi connectivity index (χ3n) is 4.71. The molecule has 2 unspecified atom stereocenters. The van der Waals surface area contributed by atoms with Gasteiger partial charge in [0.1, 0.15) is 0 Å². The topological polar surface area (TPSA) is 0 Å². The molecule has 4 rings (SSSR count). The van der Waals surface area contributed by atoms with E-state index in [9.17, 15) is 0 Å². The van der Waals surface area contributed by atoms with Crippen LogP contribution in [0.2, 0.25) is 0 Å². The minimum Gasteiger partial charge on any atom is -0.0733 e. The van der Waals surface area contributed by atoms with Crippen molar-refractivity contribution in [1.29, 1.82) is 0 Å². The highest BCUT2D eigenvalue weighted by Crippen LogP contribution is 2.62. The molecule has 0 N–H and O–H groups in total. The van der Waals surface area contributed by atoms with Crippen molar-refractivity contribution >= 4 is 5.57 Å². The molecule has 0 amide bonds. The van der Waals surface area contributed by atoms with Crippen molar-refractivity contribution in [3.05, 3.63) is 89.5 Å². The molecule has 0 aromatic heterocycles. The zero-order valence-electron chi connectivity index (χ0n) is 11.7. The minimum atomic E-state index is 0.259. The van der Waals surface area contributed by atoms with Crippen LogP contribution in [-0.2, 0) is 5.41 Å². The van der Waals surface area contributed by atoms with Crippen molar-refractivity contribution in [1.82, 2.24) is 0 Å². The fraction of sp³-hybridized carbons (Fsp3) is 0.200. The van der Waals surface area contributed by atoms with Gasteiger partial charge >= 0.3 is 0 Å². The van der Waals surface area contributed by atoms with E-state index in [2.05, 4.69) is 79.7 Å². The van der Waals surface area contributed by atoms with Gasteiger partial charge < -0.3 is 0 Å². The number of rotatable bonds is 2. The molecule has 1 fully saturated rings. The Morgan fingerprint density at radius 1 is 1.00 bits per heavy atom. The lowest BCUT2D eigenvalue weighted by Crippen LogP contribution is -2.09. The molecule has 20 heavy (non-hydrogen) atoms. The first-order valence-electron chi connectivity index (χ1n) is 7.32. The molecule has 2 aliphatic rings. The maximum Gasteiger partial charge on any atom is 0.0210 e. The molecule has 0 heterocycles. The highest BCUT2D eigenvalue weighted by atomic mass is 14.6. The Labute approximate surface area is 120 Å². The van der Waals surface area contributed by atoms with Gasteiger partial charge in [-0.15, -0.1) is 0 Å². The average molecular weight is 258 g/mol. The predicted molar refractivity (Wildman–Crippen MR) is 84.5 cm³/mol. The Kier molecular flexibility index (Phi) is 2.47. The highest BCUT2D eigenvalue weighted by Gasteiger charge is 2.55. The summed E-state index contributed by atoms with van der Waals surface area (Å²) in [5, 5.41) is 0. The maximum atomic E-state index is 2.40. The van der Waals surface area contributed by atoms with Gasteiger partial charge in [0.25, 0.3) is 0 Å². The van der Waals surface area contributed by atoms with E-state index in [-0.39, 0.29) is 5.41 Å². The summed E-state index contributed by atoms with van der Waals surface area (Å²) >= 11 is 0. The Morgan fingerprint density at radius 2 is 1.85 bits per heavy atom. The van der Waals surface area contributed by atoms with Crippen molar-refractivity contribution in [2.45, 2.75) is 18.8 Å². The van der Waals surface area contributed by atoms with E-state index in [1.807, 2.05) is 0 Å². The van der Waals surface area contributed by atoms with E-state index in [1.165, 1.54) is 28.7 Å². The van der Waals surface area contributed by atoms with Crippen LogP contribution in [0.25, 0.3) is 5.57 Å². The lowest BCUT2D eigenvalue weighted by Gasteiger charge is -2.19. The van der Waals surface area contributed by atoms with E-state index in [0.29, 0.717) is 5.92 Å². The average Bonchev–Trinajstić information content (AvgIpc) is 3.24. The molecule has 2 aliphatic carbocycles. The van der Waals surface area contributed by atoms with Crippen molar-refractivity contribution in [3.63, 3.8) is 0 Å². The standard InChI is InChI=1S/C20H18/c1-15-7-5-8-16(13-15)18-11-6-12-20(14-19(18)20)17-9-3-2-4-10-17/h2-13,19H,14H2,1H3. The smallest absolute Gasteiger partial charge is 0.0210 e. The van der Waals surface area contributed by atoms with E-state index in [0.717, 1.165) is 0 Å². The molecular formula is C20H18. The number of aryl methyl sites for hydroxylation is 1. The van der Waals surface area contributed by atoms with Gasteiger partial charge in [0, 0.05) is 5.41 Å². The lowest BCUT2D eigenvalue weighted by molar-refractivity contribution is 0.828. The van der Waals surface area contributed by atoms with Gasteiger partial charge in [-0.3, -0.25) is 0 Å². The van der Waals surface area contributed by atoms with Crippen LogP contribution in [0.5, 0.6) is 0 Å². The SMILES string of the molecule is Cc1cccc(C2=CC=CC3(c4ccccc4)CC23)c1. The molecule has 2 aromatic rings. The first-order valence-corrected chi connectivity index (χ1v) is 7.32. The number of benzene rings is 2. The van der Waals surface area contributed by atoms with Gasteiger partial charge in [0.15, 0.2) is 0 Å². The lowest BCUT2D eigenvalue weighted by atomic mass is 9.85. The van der Waals surface area contributed by atoms with Crippen LogP contribution in [-0.4, -0.2) is 0 Å². The Bertz CT molecular complexity index is 706. The van der Waals surface area contributed by atoms with E-state index < -0.39 is 0 Å². The summed E-state index contributed by atoms with van der Waals surface area (Å²) in [5.41, 5.74) is 5.94. The summed E-state index contributed by atoms with van der Waals surface area (Å²) in [4.78, 5) is 0. The summed E-state index contributed by atoms with van der Waals surface area (Å²) in [5.74, 6) is 0.650. The molecule has 2 atom stereocenters. The number of fused-ring (bicyclic) bond motifs is 1. The quantitative estimate of drug-likeness (QED) is 0.718. The van der Waals surface area contributed by atoms with E-state index in [4.69, 9.17) is 0 Å². The minimum absolute atomic E-state index is 0.259. The second kappa shape index (κ2) is 4.21. The Balaban J connectivity index is 1.73. The largest absolute Gasteiger partial charge is 0.0733 e. The van der Waals surface area contributed by atoms with Crippen LogP contribution >= 0.6 is 0 Å². The molecular weight excluding hydrogens is 240 g/mol. The van der Waals surface area contributed by atoms with E-state index in [1.54, 1.807) is 0 Å². The molecule has 0 radical (unpaired) electrons. The number of allylic oxidation sites excluding steroid dienone is 4. The predicted octanol–water partition coefficient (Wildman–Crippen LogP) is 4.91. The second-order valence-electron chi connectivity index (χ2n) is 6.01. The van der Waals surface area contributed by atoms with Gasteiger partial charge in [-0.2, -0.15) is 0 Å². The monoisotopic (exact) mass is 258 g/mol. The molecule has 0 spiro atoms. The molecule has 0 bridgehead atoms. The van der Waals surface area contributed by atoms with Crippen molar-refractivity contribution in [2.75, 3.05) is 0 Å². The third kappa shape index (κ3) is 1.68. The molecule has 0 aliphatic heterocycles. The normalized spacial score (nSPS) is 26.9. The summed E-state index contributed by atoms with van der Waals surface area (Å²) in [7, 11) is 0. The molecule has 0 heteroatoms. The highest BCUT2D eigenvalue weighted by molar-refractivity contribution is 5.77. The van der Waals surface area contributed by atoms with Gasteiger partial charge in [-0.1, -0.05) is 78.4 Å². The van der Waals surface area contributed by atoms with Gasteiger partial charge in [-0.25, -0.2) is 0 Å². The Morgan fingerprint density at radius 3 is 2.65 bits per heavy atom. The number of hydrogen-bond donors (Lipinski definition) is 0. The van der Waals surface area contributed by atoms with Crippen LogP contribution in [0, 0.1) is 12.8 Å². The first kappa shape index (κ1) is 11.7. The van der Waals surface area contributed by atoms with Crippen molar-refractivity contribution < 1.29 is 0 Å². The van der Waals surface area contributed by atoms with Gasteiger partial charge in [0.05, 0.1) is 0 Å².